The number of amidine groups is 1. The number of nitrogens with one attached hydrogen (secondary N) is 1. The van der Waals surface area contributed by atoms with Crippen molar-refractivity contribution in [2.45, 2.75) is 44.4 Å². The van der Waals surface area contributed by atoms with Crippen molar-refractivity contribution in [2.75, 3.05) is 5.32 Å². The molecule has 0 spiro atoms. The fourth-order valence-corrected chi connectivity index (χ4v) is 4.74. The number of aryl methyl sites for hydroxylation is 2. The Morgan fingerprint density at radius 1 is 1.25 bits per heavy atom. The van der Waals surface area contributed by atoms with Gasteiger partial charge in [0.25, 0.3) is 5.69 Å². The highest BCUT2D eigenvalue weighted by Gasteiger charge is 2.46. The van der Waals surface area contributed by atoms with E-state index in [1.54, 1.807) is 4.90 Å². The topological polar surface area (TPSA) is 105 Å². The van der Waals surface area contributed by atoms with Crippen LogP contribution in [0.3, 0.4) is 0 Å². The number of amides is 2. The highest BCUT2D eigenvalue weighted by atomic mass is 35.5. The molecule has 0 bridgehead atoms. The first-order chi connectivity index (χ1) is 15.2. The molecule has 1 aliphatic carbocycles. The molecule has 32 heavy (non-hydrogen) atoms. The first kappa shape index (κ1) is 22.3. The molecular weight excluding hydrogens is 452 g/mol. The van der Waals surface area contributed by atoms with Gasteiger partial charge >= 0.3 is 0 Å². The van der Waals surface area contributed by atoms with Crippen molar-refractivity contribution in [1.29, 1.82) is 0 Å². The van der Waals surface area contributed by atoms with E-state index in [4.69, 9.17) is 16.6 Å². The number of hydrogen-bond donors (Lipinski definition) is 1. The van der Waals surface area contributed by atoms with Crippen LogP contribution in [0.2, 0.25) is 5.02 Å². The Labute approximate surface area is 194 Å². The summed E-state index contributed by atoms with van der Waals surface area (Å²) in [5.74, 6) is -0.582. The van der Waals surface area contributed by atoms with Crippen LogP contribution in [0.4, 0.5) is 17.1 Å². The second-order valence-electron chi connectivity index (χ2n) is 7.88. The highest BCUT2D eigenvalue weighted by Crippen LogP contribution is 2.39. The molecule has 1 saturated carbocycles. The van der Waals surface area contributed by atoms with E-state index in [0.29, 0.717) is 5.17 Å². The number of aliphatic imine (C=N–C) groups is 1. The second-order valence-corrected chi connectivity index (χ2v) is 9.46. The van der Waals surface area contributed by atoms with Gasteiger partial charge < -0.3 is 5.32 Å². The SMILES string of the molecule is Cc1ccc(N=C2SC(CC(=O)Nc3cc([N+](=O)[O-])ccc3Cl)C(=O)N2C2CC2)cc1C. The molecule has 4 rings (SSSR count). The third kappa shape index (κ3) is 4.78. The van der Waals surface area contributed by atoms with E-state index in [0.717, 1.165) is 29.7 Å². The van der Waals surface area contributed by atoms with Gasteiger partial charge in [-0.3, -0.25) is 24.6 Å². The van der Waals surface area contributed by atoms with Crippen molar-refractivity contribution in [2.24, 2.45) is 4.99 Å². The van der Waals surface area contributed by atoms with E-state index >= 15 is 0 Å². The largest absolute Gasteiger partial charge is 0.325 e. The summed E-state index contributed by atoms with van der Waals surface area (Å²) < 4.78 is 0. The summed E-state index contributed by atoms with van der Waals surface area (Å²) in [4.78, 5) is 42.5. The van der Waals surface area contributed by atoms with Crippen molar-refractivity contribution in [1.82, 2.24) is 4.90 Å². The quantitative estimate of drug-likeness (QED) is 0.471. The van der Waals surface area contributed by atoms with E-state index in [1.807, 2.05) is 32.0 Å². The average molecular weight is 473 g/mol. The van der Waals surface area contributed by atoms with Crippen molar-refractivity contribution in [3.8, 4) is 0 Å². The fraction of sp³-hybridized carbons (Fsp3) is 0.318. The van der Waals surface area contributed by atoms with Crippen LogP contribution in [-0.2, 0) is 9.59 Å². The number of non-ortho nitro benzene ring substituents is 1. The maximum Gasteiger partial charge on any atom is 0.271 e. The molecule has 2 amide bonds. The first-order valence-electron chi connectivity index (χ1n) is 10.1. The molecule has 1 saturated heterocycles. The van der Waals surface area contributed by atoms with Gasteiger partial charge in [-0.25, -0.2) is 4.99 Å². The summed E-state index contributed by atoms with van der Waals surface area (Å²) in [6, 6.07) is 9.82. The molecule has 2 aromatic rings. The van der Waals surface area contributed by atoms with Gasteiger partial charge in [-0.05, 0) is 56.0 Å². The summed E-state index contributed by atoms with van der Waals surface area (Å²) >= 11 is 7.34. The summed E-state index contributed by atoms with van der Waals surface area (Å²) in [5.41, 5.74) is 3.01. The second kappa shape index (κ2) is 8.91. The van der Waals surface area contributed by atoms with Gasteiger partial charge in [0.05, 0.1) is 21.3 Å². The Morgan fingerprint density at radius 3 is 2.66 bits per heavy atom. The van der Waals surface area contributed by atoms with E-state index < -0.39 is 16.1 Å². The average Bonchev–Trinajstić information content (AvgIpc) is 3.52. The Kier molecular flexibility index (Phi) is 6.21. The standard InChI is InChI=1S/C22H21ClN4O4S/c1-12-3-4-14(9-13(12)2)24-22-26(15-5-6-15)21(29)19(32-22)11-20(28)25-18-10-16(27(30)31)7-8-17(18)23/h3-4,7-10,15,19H,5-6,11H2,1-2H3,(H,25,28). The number of carbonyl (C=O) groups excluding carboxylic acids is 2. The molecule has 8 nitrogen and oxygen atoms in total. The van der Waals surface area contributed by atoms with Crippen molar-refractivity contribution in [3.05, 3.63) is 62.7 Å². The molecule has 166 valence electrons. The molecule has 1 unspecified atom stereocenters. The van der Waals surface area contributed by atoms with Gasteiger partial charge in [-0.2, -0.15) is 0 Å². The Balaban J connectivity index is 1.50. The number of benzene rings is 2. The molecular formula is C22H21ClN4O4S. The summed E-state index contributed by atoms with van der Waals surface area (Å²) in [6.07, 6.45) is 1.75. The normalized spacial score (nSPS) is 19.5. The predicted molar refractivity (Wildman–Crippen MR) is 126 cm³/mol. The number of nitro benzene ring substituents is 1. The van der Waals surface area contributed by atoms with Crippen LogP contribution < -0.4 is 5.32 Å². The van der Waals surface area contributed by atoms with Crippen LogP contribution in [0.5, 0.6) is 0 Å². The maximum absolute atomic E-state index is 13.0. The molecule has 1 heterocycles. The third-order valence-corrected chi connectivity index (χ3v) is 6.88. The molecule has 1 N–H and O–H groups in total. The molecule has 1 aliphatic heterocycles. The number of hydrogen-bond acceptors (Lipinski definition) is 6. The minimum absolute atomic E-state index is 0.0856. The number of halogens is 1. The van der Waals surface area contributed by atoms with Crippen LogP contribution in [0.1, 0.15) is 30.4 Å². The van der Waals surface area contributed by atoms with Crippen LogP contribution in [0.15, 0.2) is 41.4 Å². The zero-order valence-electron chi connectivity index (χ0n) is 17.5. The lowest BCUT2D eigenvalue weighted by molar-refractivity contribution is -0.384. The zero-order valence-corrected chi connectivity index (χ0v) is 19.1. The molecule has 0 aromatic heterocycles. The lowest BCUT2D eigenvalue weighted by atomic mass is 10.1. The third-order valence-electron chi connectivity index (χ3n) is 5.40. The monoisotopic (exact) mass is 472 g/mol. The Bertz CT molecular complexity index is 1150. The minimum Gasteiger partial charge on any atom is -0.325 e. The molecule has 0 radical (unpaired) electrons. The van der Waals surface area contributed by atoms with Gasteiger partial charge in [-0.1, -0.05) is 29.4 Å². The van der Waals surface area contributed by atoms with Gasteiger partial charge in [0.2, 0.25) is 11.8 Å². The number of carbonyl (C=O) groups is 2. The lowest BCUT2D eigenvalue weighted by Gasteiger charge is -2.15. The molecule has 10 heteroatoms. The minimum atomic E-state index is -0.613. The van der Waals surface area contributed by atoms with Gasteiger partial charge in [0, 0.05) is 24.6 Å². The number of rotatable bonds is 6. The zero-order chi connectivity index (χ0) is 23.0. The Hall–Kier alpha value is -2.91. The van der Waals surface area contributed by atoms with E-state index in [9.17, 15) is 19.7 Å². The van der Waals surface area contributed by atoms with E-state index in [-0.39, 0.29) is 34.8 Å². The van der Waals surface area contributed by atoms with Crippen molar-refractivity contribution >= 4 is 57.4 Å². The molecule has 2 aliphatic rings. The Morgan fingerprint density at radius 2 is 2.00 bits per heavy atom. The van der Waals surface area contributed by atoms with Crippen LogP contribution in [0.25, 0.3) is 0 Å². The van der Waals surface area contributed by atoms with Gasteiger partial charge in [0.1, 0.15) is 5.25 Å². The summed E-state index contributed by atoms with van der Waals surface area (Å²) in [6.45, 7) is 4.04. The first-order valence-corrected chi connectivity index (χ1v) is 11.4. The molecule has 1 atom stereocenters. The number of nitrogens with zero attached hydrogens (tertiary/aromatic N) is 3. The smallest absolute Gasteiger partial charge is 0.271 e. The summed E-state index contributed by atoms with van der Waals surface area (Å²) in [7, 11) is 0. The van der Waals surface area contributed by atoms with Crippen molar-refractivity contribution in [3.63, 3.8) is 0 Å². The highest BCUT2D eigenvalue weighted by molar-refractivity contribution is 8.15. The maximum atomic E-state index is 13.0. The van der Waals surface area contributed by atoms with E-state index in [1.165, 1.54) is 30.0 Å². The number of nitro groups is 1. The molecule has 2 aromatic carbocycles. The van der Waals surface area contributed by atoms with Crippen LogP contribution >= 0.6 is 23.4 Å². The predicted octanol–water partition coefficient (Wildman–Crippen LogP) is 4.99. The number of anilines is 1. The fourth-order valence-electron chi connectivity index (χ4n) is 3.36. The van der Waals surface area contributed by atoms with Gasteiger partial charge in [-0.15, -0.1) is 0 Å². The van der Waals surface area contributed by atoms with Crippen LogP contribution in [0, 0.1) is 24.0 Å². The van der Waals surface area contributed by atoms with Gasteiger partial charge in [0.15, 0.2) is 5.17 Å². The van der Waals surface area contributed by atoms with Crippen molar-refractivity contribution < 1.29 is 14.5 Å². The number of thioether (sulfide) groups is 1. The molecule has 2 fully saturated rings. The lowest BCUT2D eigenvalue weighted by Crippen LogP contribution is -2.35. The summed E-state index contributed by atoms with van der Waals surface area (Å²) in [5, 5.41) is 13.8. The van der Waals surface area contributed by atoms with E-state index in [2.05, 4.69) is 5.32 Å². The van der Waals surface area contributed by atoms with Crippen LogP contribution in [-0.4, -0.2) is 38.1 Å².